The molecule has 6 heteroatoms. The second kappa shape index (κ2) is 10.4. The first-order chi connectivity index (χ1) is 12.1. The molecular weight excluding hydrogens is 356 g/mol. The number of ether oxygens (including phenoxy) is 2. The zero-order chi connectivity index (χ0) is 18.1. The number of methoxy groups -OCH3 is 2. The van der Waals surface area contributed by atoms with E-state index in [1.54, 1.807) is 18.9 Å². The monoisotopic (exact) mass is 378 g/mol. The average Bonchev–Trinajstić information content (AvgIpc) is 2.66. The van der Waals surface area contributed by atoms with Gasteiger partial charge in [-0.1, -0.05) is 36.4 Å². The van der Waals surface area contributed by atoms with Crippen molar-refractivity contribution in [2.24, 2.45) is 0 Å². The molecule has 1 N–H and O–H groups in total. The molecule has 0 radical (unpaired) electrons. The highest BCUT2D eigenvalue weighted by Gasteiger charge is 2.23. The quantitative estimate of drug-likeness (QED) is 0.529. The van der Waals surface area contributed by atoms with Crippen LogP contribution in [0.3, 0.4) is 0 Å². The predicted octanol–water partition coefficient (Wildman–Crippen LogP) is 3.80. The molecule has 0 amide bonds. The van der Waals surface area contributed by atoms with Crippen LogP contribution in [0.15, 0.2) is 59.5 Å². The fourth-order valence-electron chi connectivity index (χ4n) is 2.24. The van der Waals surface area contributed by atoms with E-state index in [0.29, 0.717) is 5.75 Å². The molecule has 134 valence electrons. The Morgan fingerprint density at radius 3 is 2.56 bits per heavy atom. The first kappa shape index (κ1) is 19.7. The Kier molecular flexibility index (Phi) is 8.18. The summed E-state index contributed by atoms with van der Waals surface area (Å²) in [6.07, 6.45) is -0.603. The highest BCUT2D eigenvalue weighted by atomic mass is 32.2. The highest BCUT2D eigenvalue weighted by Crippen LogP contribution is 2.39. The fourth-order valence-corrected chi connectivity index (χ4v) is 4.38. The van der Waals surface area contributed by atoms with Crippen molar-refractivity contribution in [3.8, 4) is 5.75 Å². The molecule has 2 aromatic carbocycles. The third-order valence-electron chi connectivity index (χ3n) is 3.52. The van der Waals surface area contributed by atoms with Gasteiger partial charge in [0.1, 0.15) is 5.75 Å². The number of esters is 1. The zero-order valence-electron chi connectivity index (χ0n) is 14.3. The molecule has 0 bridgehead atoms. The van der Waals surface area contributed by atoms with Crippen molar-refractivity contribution in [2.45, 2.75) is 16.2 Å². The van der Waals surface area contributed by atoms with Gasteiger partial charge in [0.25, 0.3) is 0 Å². The Labute approximate surface area is 156 Å². The third kappa shape index (κ3) is 6.30. The van der Waals surface area contributed by atoms with Gasteiger partial charge in [-0.05, 0) is 23.8 Å². The maximum absolute atomic E-state index is 11.3. The van der Waals surface area contributed by atoms with Gasteiger partial charge in [0.05, 0.1) is 31.3 Å². The standard InChI is InChI=1S/C19H22O4S2/c1-22-15-9-6-10-16(11-15)25-19(14-7-4-3-5-8-14)17(20)12-24-13-18(21)23-2/h3-11,17,19-20H,12-13H2,1-2H3/t17-,19-/m1/s1. The molecule has 0 spiro atoms. The topological polar surface area (TPSA) is 55.8 Å². The van der Waals surface area contributed by atoms with Crippen molar-refractivity contribution in [1.29, 1.82) is 0 Å². The van der Waals surface area contributed by atoms with Crippen molar-refractivity contribution in [3.63, 3.8) is 0 Å². The smallest absolute Gasteiger partial charge is 0.315 e. The number of carbonyl (C=O) groups is 1. The molecule has 0 saturated heterocycles. The Bertz CT molecular complexity index is 663. The molecule has 0 aliphatic heterocycles. The fraction of sp³-hybridized carbons (Fsp3) is 0.316. The number of carbonyl (C=O) groups excluding carboxylic acids is 1. The van der Waals surface area contributed by atoms with Gasteiger partial charge in [-0.3, -0.25) is 4.79 Å². The van der Waals surface area contributed by atoms with E-state index in [0.717, 1.165) is 16.2 Å². The van der Waals surface area contributed by atoms with Crippen LogP contribution in [-0.4, -0.2) is 42.9 Å². The van der Waals surface area contributed by atoms with Gasteiger partial charge in [-0.25, -0.2) is 0 Å². The Balaban J connectivity index is 2.11. The van der Waals surface area contributed by atoms with Gasteiger partial charge in [0.2, 0.25) is 0 Å². The number of thioether (sulfide) groups is 2. The van der Waals surface area contributed by atoms with Gasteiger partial charge >= 0.3 is 5.97 Å². The molecule has 0 heterocycles. The lowest BCUT2D eigenvalue weighted by Gasteiger charge is -2.23. The van der Waals surface area contributed by atoms with E-state index >= 15 is 0 Å². The highest BCUT2D eigenvalue weighted by molar-refractivity contribution is 8.00. The molecule has 0 aliphatic rings. The molecule has 0 aromatic heterocycles. The summed E-state index contributed by atoms with van der Waals surface area (Å²) in [5, 5.41) is 10.6. The second-order valence-electron chi connectivity index (χ2n) is 5.29. The molecule has 25 heavy (non-hydrogen) atoms. The summed E-state index contributed by atoms with van der Waals surface area (Å²) in [5.74, 6) is 1.19. The lowest BCUT2D eigenvalue weighted by atomic mass is 10.1. The minimum absolute atomic E-state index is 0.140. The van der Waals surface area contributed by atoms with Crippen LogP contribution in [0.5, 0.6) is 5.75 Å². The van der Waals surface area contributed by atoms with Crippen molar-refractivity contribution in [3.05, 3.63) is 60.2 Å². The predicted molar refractivity (Wildman–Crippen MR) is 103 cm³/mol. The number of aliphatic hydroxyl groups is 1. The molecular formula is C19H22O4S2. The van der Waals surface area contributed by atoms with E-state index in [9.17, 15) is 9.90 Å². The first-order valence-electron chi connectivity index (χ1n) is 7.82. The molecule has 2 atom stereocenters. The summed E-state index contributed by atoms with van der Waals surface area (Å²) in [6, 6.07) is 17.7. The van der Waals surface area contributed by atoms with Gasteiger partial charge in [-0.15, -0.1) is 23.5 Å². The molecule has 4 nitrogen and oxygen atoms in total. The van der Waals surface area contributed by atoms with E-state index < -0.39 is 6.10 Å². The Morgan fingerprint density at radius 1 is 1.12 bits per heavy atom. The summed E-state index contributed by atoms with van der Waals surface area (Å²) >= 11 is 2.96. The van der Waals surface area contributed by atoms with E-state index in [2.05, 4.69) is 4.74 Å². The Morgan fingerprint density at radius 2 is 1.88 bits per heavy atom. The van der Waals surface area contributed by atoms with Crippen LogP contribution in [-0.2, 0) is 9.53 Å². The Hall–Kier alpha value is -1.63. The molecule has 0 aliphatic carbocycles. The number of hydrogen-bond donors (Lipinski definition) is 1. The molecule has 0 fully saturated rings. The van der Waals surface area contributed by atoms with Crippen LogP contribution in [0, 0.1) is 0 Å². The number of hydrogen-bond acceptors (Lipinski definition) is 6. The summed E-state index contributed by atoms with van der Waals surface area (Å²) < 4.78 is 9.91. The average molecular weight is 379 g/mol. The second-order valence-corrected chi connectivity index (χ2v) is 7.53. The summed E-state index contributed by atoms with van der Waals surface area (Å²) in [4.78, 5) is 12.3. The van der Waals surface area contributed by atoms with Crippen LogP contribution < -0.4 is 4.74 Å². The van der Waals surface area contributed by atoms with Gasteiger partial charge in [0, 0.05) is 10.6 Å². The molecule has 2 rings (SSSR count). The van der Waals surface area contributed by atoms with Gasteiger partial charge in [0.15, 0.2) is 0 Å². The maximum atomic E-state index is 11.3. The van der Waals surface area contributed by atoms with Crippen LogP contribution in [0.2, 0.25) is 0 Å². The minimum Gasteiger partial charge on any atom is -0.497 e. The van der Waals surface area contributed by atoms with Crippen molar-refractivity contribution in [2.75, 3.05) is 25.7 Å². The minimum atomic E-state index is -0.603. The first-order valence-corrected chi connectivity index (χ1v) is 9.85. The van der Waals surface area contributed by atoms with Crippen molar-refractivity contribution < 1.29 is 19.4 Å². The summed E-state index contributed by atoms with van der Waals surface area (Å²) in [5.41, 5.74) is 1.04. The van der Waals surface area contributed by atoms with Crippen LogP contribution >= 0.6 is 23.5 Å². The van der Waals surface area contributed by atoms with Crippen LogP contribution in [0.25, 0.3) is 0 Å². The van der Waals surface area contributed by atoms with Crippen molar-refractivity contribution in [1.82, 2.24) is 0 Å². The van der Waals surface area contributed by atoms with Crippen LogP contribution in [0.1, 0.15) is 10.8 Å². The van der Waals surface area contributed by atoms with E-state index in [4.69, 9.17) is 4.74 Å². The summed E-state index contributed by atoms with van der Waals surface area (Å²) in [7, 11) is 3.00. The maximum Gasteiger partial charge on any atom is 0.315 e. The third-order valence-corrected chi connectivity index (χ3v) is 5.90. The van der Waals surface area contributed by atoms with Gasteiger partial charge < -0.3 is 14.6 Å². The summed E-state index contributed by atoms with van der Waals surface area (Å²) in [6.45, 7) is 0. The van der Waals surface area contributed by atoms with E-state index in [1.807, 2.05) is 54.6 Å². The number of rotatable bonds is 9. The molecule has 0 unspecified atom stereocenters. The largest absolute Gasteiger partial charge is 0.497 e. The zero-order valence-corrected chi connectivity index (χ0v) is 15.9. The van der Waals surface area contributed by atoms with Crippen LogP contribution in [0.4, 0.5) is 0 Å². The lowest BCUT2D eigenvalue weighted by molar-refractivity contribution is -0.137. The number of aliphatic hydroxyl groups excluding tert-OH is 1. The van der Waals surface area contributed by atoms with E-state index in [1.165, 1.54) is 18.9 Å². The van der Waals surface area contributed by atoms with E-state index in [-0.39, 0.29) is 17.0 Å². The SMILES string of the molecule is COC(=O)CSC[C@@H](O)[C@H](Sc1cccc(OC)c1)c1ccccc1. The number of benzene rings is 2. The lowest BCUT2D eigenvalue weighted by Crippen LogP contribution is -2.20. The normalized spacial score (nSPS) is 13.1. The molecule has 2 aromatic rings. The van der Waals surface area contributed by atoms with Gasteiger partial charge in [-0.2, -0.15) is 0 Å². The van der Waals surface area contributed by atoms with Crippen molar-refractivity contribution >= 4 is 29.5 Å². The molecule has 0 saturated carbocycles.